The minimum atomic E-state index is 0.633. The van der Waals surface area contributed by atoms with Crippen molar-refractivity contribution in [3.63, 3.8) is 0 Å². The Morgan fingerprint density at radius 1 is 1.19 bits per heavy atom. The number of hydrogen-bond donors (Lipinski definition) is 2. The lowest BCUT2D eigenvalue weighted by Gasteiger charge is -2.12. The van der Waals surface area contributed by atoms with E-state index in [-0.39, 0.29) is 0 Å². The molecule has 1 aliphatic heterocycles. The molecule has 1 fully saturated rings. The average molecular weight is 218 g/mol. The third-order valence-corrected chi connectivity index (χ3v) is 3.38. The highest BCUT2D eigenvalue weighted by Gasteiger charge is 2.28. The summed E-state index contributed by atoms with van der Waals surface area (Å²) in [5, 5.41) is 6.64. The van der Waals surface area contributed by atoms with Crippen molar-refractivity contribution in [2.75, 3.05) is 25.5 Å². The molecule has 4 nitrogen and oxygen atoms in total. The van der Waals surface area contributed by atoms with Gasteiger partial charge in [-0.15, -0.1) is 0 Å². The van der Waals surface area contributed by atoms with Crippen molar-refractivity contribution in [2.24, 2.45) is 0 Å². The van der Waals surface area contributed by atoms with E-state index >= 15 is 0 Å². The Morgan fingerprint density at radius 2 is 2.00 bits per heavy atom. The summed E-state index contributed by atoms with van der Waals surface area (Å²) in [7, 11) is 1.96. The number of hydrogen-bond acceptors (Lipinski definition) is 4. The summed E-state index contributed by atoms with van der Waals surface area (Å²) in [4.78, 5) is 9.41. The van der Waals surface area contributed by atoms with Crippen LogP contribution in [0.1, 0.15) is 35.8 Å². The van der Waals surface area contributed by atoms with E-state index in [1.54, 1.807) is 0 Å². The maximum Gasteiger partial charge on any atom is 0.134 e. The van der Waals surface area contributed by atoms with Gasteiger partial charge < -0.3 is 10.6 Å². The van der Waals surface area contributed by atoms with Crippen molar-refractivity contribution in [3.05, 3.63) is 17.1 Å². The van der Waals surface area contributed by atoms with Gasteiger partial charge in [0.05, 0.1) is 5.69 Å². The molecule has 0 atom stereocenters. The van der Waals surface area contributed by atoms with Gasteiger partial charge in [-0.3, -0.25) is 0 Å². The first kappa shape index (κ1) is 10.0. The summed E-state index contributed by atoms with van der Waals surface area (Å²) in [6, 6.07) is 0. The molecule has 3 rings (SSSR count). The van der Waals surface area contributed by atoms with E-state index in [9.17, 15) is 0 Å². The zero-order valence-electron chi connectivity index (χ0n) is 9.71. The van der Waals surface area contributed by atoms with Gasteiger partial charge >= 0.3 is 0 Å². The molecule has 0 saturated heterocycles. The summed E-state index contributed by atoms with van der Waals surface area (Å²) < 4.78 is 0. The average Bonchev–Trinajstić information content (AvgIpc) is 3.13. The molecule has 16 heavy (non-hydrogen) atoms. The van der Waals surface area contributed by atoms with Crippen LogP contribution in [0.4, 0.5) is 5.82 Å². The van der Waals surface area contributed by atoms with Gasteiger partial charge in [0.15, 0.2) is 0 Å². The minimum Gasteiger partial charge on any atom is -0.373 e. The van der Waals surface area contributed by atoms with E-state index < -0.39 is 0 Å². The summed E-state index contributed by atoms with van der Waals surface area (Å²) in [6.45, 7) is 2.07. The molecule has 86 valence electrons. The van der Waals surface area contributed by atoms with Crippen molar-refractivity contribution in [3.8, 4) is 0 Å². The predicted molar refractivity (Wildman–Crippen MR) is 63.8 cm³/mol. The van der Waals surface area contributed by atoms with Gasteiger partial charge in [-0.1, -0.05) is 0 Å². The van der Waals surface area contributed by atoms with Gasteiger partial charge in [0, 0.05) is 31.5 Å². The standard InChI is InChI=1S/C12H18N4/c1-13-12-9-4-6-14-7-5-10(9)15-11(16-12)8-2-3-8/h8,14H,2-7H2,1H3,(H,13,15,16). The first-order valence-electron chi connectivity index (χ1n) is 6.16. The summed E-state index contributed by atoms with van der Waals surface area (Å²) in [6.07, 6.45) is 4.60. The zero-order chi connectivity index (χ0) is 11.0. The third-order valence-electron chi connectivity index (χ3n) is 3.38. The molecule has 2 N–H and O–H groups in total. The zero-order valence-corrected chi connectivity index (χ0v) is 9.71. The Hall–Kier alpha value is -1.16. The monoisotopic (exact) mass is 218 g/mol. The molecular formula is C12H18N4. The van der Waals surface area contributed by atoms with Crippen molar-refractivity contribution < 1.29 is 0 Å². The summed E-state index contributed by atoms with van der Waals surface area (Å²) in [5.41, 5.74) is 2.57. The van der Waals surface area contributed by atoms with Crippen LogP contribution in [0.5, 0.6) is 0 Å². The molecule has 1 aliphatic carbocycles. The van der Waals surface area contributed by atoms with Gasteiger partial charge in [-0.2, -0.15) is 0 Å². The lowest BCUT2D eigenvalue weighted by molar-refractivity contribution is 0.708. The maximum absolute atomic E-state index is 4.75. The van der Waals surface area contributed by atoms with Crippen LogP contribution < -0.4 is 10.6 Å². The normalized spacial score (nSPS) is 20.1. The highest BCUT2D eigenvalue weighted by Crippen LogP contribution is 2.39. The second-order valence-electron chi connectivity index (χ2n) is 4.63. The molecule has 1 saturated carbocycles. The molecule has 1 aromatic heterocycles. The van der Waals surface area contributed by atoms with Crippen LogP contribution in [0.25, 0.3) is 0 Å². The minimum absolute atomic E-state index is 0.633. The number of fused-ring (bicyclic) bond motifs is 1. The van der Waals surface area contributed by atoms with Gasteiger partial charge in [-0.25, -0.2) is 9.97 Å². The van der Waals surface area contributed by atoms with Gasteiger partial charge in [0.2, 0.25) is 0 Å². The van der Waals surface area contributed by atoms with Crippen LogP contribution in [-0.2, 0) is 12.8 Å². The molecular weight excluding hydrogens is 200 g/mol. The molecule has 0 amide bonds. The van der Waals surface area contributed by atoms with Crippen molar-refractivity contribution >= 4 is 5.82 Å². The topological polar surface area (TPSA) is 49.8 Å². The Labute approximate surface area is 95.9 Å². The highest BCUT2D eigenvalue weighted by atomic mass is 15.0. The van der Waals surface area contributed by atoms with E-state index in [1.807, 2.05) is 7.05 Å². The van der Waals surface area contributed by atoms with E-state index in [4.69, 9.17) is 4.98 Å². The van der Waals surface area contributed by atoms with E-state index in [0.29, 0.717) is 5.92 Å². The summed E-state index contributed by atoms with van der Waals surface area (Å²) >= 11 is 0. The maximum atomic E-state index is 4.75. The predicted octanol–water partition coefficient (Wildman–Crippen LogP) is 1.08. The quantitative estimate of drug-likeness (QED) is 0.780. The smallest absolute Gasteiger partial charge is 0.134 e. The van der Waals surface area contributed by atoms with Gasteiger partial charge in [0.1, 0.15) is 11.6 Å². The number of nitrogens with zero attached hydrogens (tertiary/aromatic N) is 2. The molecule has 1 aromatic rings. The molecule has 0 radical (unpaired) electrons. The first-order valence-corrected chi connectivity index (χ1v) is 6.16. The lowest BCUT2D eigenvalue weighted by Crippen LogP contribution is -2.16. The van der Waals surface area contributed by atoms with Gasteiger partial charge in [-0.05, 0) is 25.8 Å². The van der Waals surface area contributed by atoms with E-state index in [1.165, 1.54) is 24.1 Å². The molecule has 0 aromatic carbocycles. The molecule has 4 heteroatoms. The second-order valence-corrected chi connectivity index (χ2v) is 4.63. The van der Waals surface area contributed by atoms with Crippen LogP contribution in [0.2, 0.25) is 0 Å². The van der Waals surface area contributed by atoms with E-state index in [2.05, 4.69) is 15.6 Å². The van der Waals surface area contributed by atoms with Crippen molar-refractivity contribution in [1.82, 2.24) is 15.3 Å². The molecule has 2 heterocycles. The van der Waals surface area contributed by atoms with Crippen LogP contribution in [0, 0.1) is 0 Å². The fourth-order valence-electron chi connectivity index (χ4n) is 2.30. The van der Waals surface area contributed by atoms with Crippen LogP contribution in [0.15, 0.2) is 0 Å². The SMILES string of the molecule is CNc1nc(C2CC2)nc2c1CCNCC2. The highest BCUT2D eigenvalue weighted by molar-refractivity contribution is 5.47. The molecule has 0 spiro atoms. The number of anilines is 1. The molecule has 2 aliphatic rings. The number of nitrogens with one attached hydrogen (secondary N) is 2. The van der Waals surface area contributed by atoms with Crippen LogP contribution in [0.3, 0.4) is 0 Å². The molecule has 0 unspecified atom stereocenters. The van der Waals surface area contributed by atoms with Crippen molar-refractivity contribution in [1.29, 1.82) is 0 Å². The Morgan fingerprint density at radius 3 is 2.75 bits per heavy atom. The Bertz CT molecular complexity index is 398. The number of aromatic nitrogens is 2. The lowest BCUT2D eigenvalue weighted by atomic mass is 10.1. The largest absolute Gasteiger partial charge is 0.373 e. The summed E-state index contributed by atoms with van der Waals surface area (Å²) in [5.74, 6) is 2.74. The first-order chi connectivity index (χ1) is 7.88. The fourth-order valence-corrected chi connectivity index (χ4v) is 2.30. The van der Waals surface area contributed by atoms with Gasteiger partial charge in [0.25, 0.3) is 0 Å². The Balaban J connectivity index is 2.04. The third kappa shape index (κ3) is 1.78. The second kappa shape index (κ2) is 4.01. The van der Waals surface area contributed by atoms with Crippen molar-refractivity contribution in [2.45, 2.75) is 31.6 Å². The van der Waals surface area contributed by atoms with E-state index in [0.717, 1.165) is 37.6 Å². The number of rotatable bonds is 2. The fraction of sp³-hybridized carbons (Fsp3) is 0.667. The molecule has 0 bridgehead atoms. The Kier molecular flexibility index (Phi) is 2.52. The van der Waals surface area contributed by atoms with Crippen LogP contribution >= 0.6 is 0 Å². The van der Waals surface area contributed by atoms with Crippen LogP contribution in [-0.4, -0.2) is 30.1 Å².